The summed E-state index contributed by atoms with van der Waals surface area (Å²) < 4.78 is 5.95. The van der Waals surface area contributed by atoms with Gasteiger partial charge in [-0.3, -0.25) is 9.78 Å². The molecule has 0 unspecified atom stereocenters. The molecule has 0 radical (unpaired) electrons. The summed E-state index contributed by atoms with van der Waals surface area (Å²) in [6.07, 6.45) is 4.61. The number of rotatable bonds is 4. The molecular formula is C22H27N5O2. The number of carbonyl (C=O) groups excluding carboxylic acids is 1. The molecule has 7 nitrogen and oxygen atoms in total. The normalized spacial score (nSPS) is 24.8. The highest BCUT2D eigenvalue weighted by molar-refractivity contribution is 5.95. The molecular weight excluding hydrogens is 366 g/mol. The zero-order chi connectivity index (χ0) is 20.2. The van der Waals surface area contributed by atoms with Gasteiger partial charge in [-0.05, 0) is 50.6 Å². The van der Waals surface area contributed by atoms with Crippen molar-refractivity contribution in [2.75, 3.05) is 31.1 Å². The summed E-state index contributed by atoms with van der Waals surface area (Å²) in [6.45, 7) is 4.80. The van der Waals surface area contributed by atoms with Gasteiger partial charge in [-0.1, -0.05) is 6.42 Å². The van der Waals surface area contributed by atoms with Crippen molar-refractivity contribution in [1.29, 1.82) is 5.26 Å². The largest absolute Gasteiger partial charge is 0.365 e. The fraction of sp³-hybridized carbons (Fsp3) is 0.500. The van der Waals surface area contributed by atoms with E-state index in [9.17, 15) is 10.1 Å². The van der Waals surface area contributed by atoms with Gasteiger partial charge in [0, 0.05) is 36.4 Å². The lowest BCUT2D eigenvalue weighted by Crippen LogP contribution is -2.54. The zero-order valence-electron chi connectivity index (χ0n) is 16.7. The van der Waals surface area contributed by atoms with E-state index in [1.54, 1.807) is 12.3 Å². The van der Waals surface area contributed by atoms with Crippen molar-refractivity contribution in [2.45, 2.75) is 44.4 Å². The van der Waals surface area contributed by atoms with Crippen LogP contribution in [0.15, 0.2) is 30.5 Å². The first-order valence-electron chi connectivity index (χ1n) is 10.3. The average Bonchev–Trinajstić information content (AvgIpc) is 2.77. The summed E-state index contributed by atoms with van der Waals surface area (Å²) >= 11 is 0. The van der Waals surface area contributed by atoms with E-state index in [0.29, 0.717) is 36.8 Å². The maximum atomic E-state index is 12.8. The SMILES string of the molecule is C[C@@H]1CN(c2ccc(C#N)c3ncccc23)C[C@H](C(=O)NC[C@@H]2CCCCN2)O1. The number of nitriles is 1. The van der Waals surface area contributed by atoms with Gasteiger partial charge in [-0.25, -0.2) is 0 Å². The summed E-state index contributed by atoms with van der Waals surface area (Å²) in [6, 6.07) is 10.1. The Morgan fingerprint density at radius 3 is 3.07 bits per heavy atom. The van der Waals surface area contributed by atoms with Crippen LogP contribution in [0.2, 0.25) is 0 Å². The van der Waals surface area contributed by atoms with Gasteiger partial charge in [-0.15, -0.1) is 0 Å². The van der Waals surface area contributed by atoms with Crippen molar-refractivity contribution in [2.24, 2.45) is 0 Å². The van der Waals surface area contributed by atoms with E-state index < -0.39 is 6.10 Å². The summed E-state index contributed by atoms with van der Waals surface area (Å²) in [7, 11) is 0. The summed E-state index contributed by atoms with van der Waals surface area (Å²) in [5.74, 6) is -0.0648. The Balaban J connectivity index is 1.50. The molecule has 2 N–H and O–H groups in total. The number of hydrogen-bond acceptors (Lipinski definition) is 6. The lowest BCUT2D eigenvalue weighted by atomic mass is 10.0. The van der Waals surface area contributed by atoms with Crippen LogP contribution in [0.3, 0.4) is 0 Å². The minimum Gasteiger partial charge on any atom is -0.365 e. The Labute approximate surface area is 171 Å². The lowest BCUT2D eigenvalue weighted by molar-refractivity contribution is -0.137. The van der Waals surface area contributed by atoms with Crippen molar-refractivity contribution in [3.8, 4) is 6.07 Å². The molecule has 2 saturated heterocycles. The highest BCUT2D eigenvalue weighted by atomic mass is 16.5. The molecule has 0 saturated carbocycles. The third-order valence-corrected chi connectivity index (χ3v) is 5.70. The second-order valence-corrected chi connectivity index (χ2v) is 7.88. The molecule has 0 aliphatic carbocycles. The standard InChI is InChI=1S/C22H27N5O2/c1-15-13-27(19-8-7-16(11-23)21-18(19)6-4-10-25-21)14-20(29-15)22(28)26-12-17-5-2-3-9-24-17/h4,6-8,10,15,17,20,24H,2-3,5,9,12-14H2,1H3,(H,26,28)/t15-,17+,20-/m1/s1. The van der Waals surface area contributed by atoms with Crippen LogP contribution >= 0.6 is 0 Å². The first kappa shape index (κ1) is 19.6. The van der Waals surface area contributed by atoms with Crippen LogP contribution in [0.25, 0.3) is 10.9 Å². The van der Waals surface area contributed by atoms with Gasteiger partial charge in [0.2, 0.25) is 0 Å². The second-order valence-electron chi connectivity index (χ2n) is 7.88. The molecule has 152 valence electrons. The molecule has 3 heterocycles. The third-order valence-electron chi connectivity index (χ3n) is 5.70. The highest BCUT2D eigenvalue weighted by Crippen LogP contribution is 2.30. The van der Waals surface area contributed by atoms with Crippen LogP contribution in [0.5, 0.6) is 0 Å². The van der Waals surface area contributed by atoms with E-state index in [0.717, 1.165) is 24.0 Å². The number of benzene rings is 1. The average molecular weight is 393 g/mol. The van der Waals surface area contributed by atoms with Gasteiger partial charge >= 0.3 is 0 Å². The third kappa shape index (κ3) is 4.34. The molecule has 7 heteroatoms. The molecule has 2 aromatic rings. The number of fused-ring (bicyclic) bond motifs is 1. The van der Waals surface area contributed by atoms with Gasteiger partial charge < -0.3 is 20.3 Å². The van der Waals surface area contributed by atoms with Crippen LogP contribution in [-0.4, -0.2) is 55.3 Å². The van der Waals surface area contributed by atoms with Crippen LogP contribution in [0.4, 0.5) is 5.69 Å². The molecule has 2 fully saturated rings. The molecule has 0 spiro atoms. The van der Waals surface area contributed by atoms with E-state index in [1.807, 2.05) is 25.1 Å². The number of pyridine rings is 1. The van der Waals surface area contributed by atoms with Crippen LogP contribution in [0, 0.1) is 11.3 Å². The Bertz CT molecular complexity index is 919. The Kier molecular flexibility index (Phi) is 5.93. The fourth-order valence-electron chi connectivity index (χ4n) is 4.25. The predicted octanol–water partition coefficient (Wildman–Crippen LogP) is 1.96. The molecule has 4 rings (SSSR count). The minimum atomic E-state index is -0.523. The van der Waals surface area contributed by atoms with Crippen LogP contribution in [0.1, 0.15) is 31.7 Å². The van der Waals surface area contributed by atoms with Crippen LogP contribution < -0.4 is 15.5 Å². The number of morpholine rings is 1. The summed E-state index contributed by atoms with van der Waals surface area (Å²) in [4.78, 5) is 19.3. The Morgan fingerprint density at radius 2 is 2.28 bits per heavy atom. The Hall–Kier alpha value is -2.69. The summed E-state index contributed by atoms with van der Waals surface area (Å²) in [5, 5.41) is 16.8. The van der Waals surface area contributed by atoms with Gasteiger partial charge in [-0.2, -0.15) is 5.26 Å². The number of hydrogen-bond donors (Lipinski definition) is 2. The van der Waals surface area contributed by atoms with Crippen molar-refractivity contribution in [3.05, 3.63) is 36.0 Å². The molecule has 3 atom stereocenters. The van der Waals surface area contributed by atoms with Crippen molar-refractivity contribution in [3.63, 3.8) is 0 Å². The molecule has 1 aromatic heterocycles. The second kappa shape index (κ2) is 8.76. The predicted molar refractivity (Wildman–Crippen MR) is 112 cm³/mol. The number of aromatic nitrogens is 1. The smallest absolute Gasteiger partial charge is 0.251 e. The van der Waals surface area contributed by atoms with Gasteiger partial charge in [0.1, 0.15) is 6.07 Å². The van der Waals surface area contributed by atoms with E-state index in [2.05, 4.69) is 26.6 Å². The number of piperidine rings is 1. The monoisotopic (exact) mass is 393 g/mol. The molecule has 1 amide bonds. The number of nitrogens with zero attached hydrogens (tertiary/aromatic N) is 3. The number of anilines is 1. The number of ether oxygens (including phenoxy) is 1. The number of amides is 1. The quantitative estimate of drug-likeness (QED) is 0.825. The molecule has 2 aliphatic heterocycles. The molecule has 0 bridgehead atoms. The molecule has 29 heavy (non-hydrogen) atoms. The zero-order valence-corrected chi connectivity index (χ0v) is 16.7. The Morgan fingerprint density at radius 1 is 1.38 bits per heavy atom. The van der Waals surface area contributed by atoms with E-state index in [-0.39, 0.29) is 12.0 Å². The lowest BCUT2D eigenvalue weighted by Gasteiger charge is -2.38. The maximum Gasteiger partial charge on any atom is 0.251 e. The number of carbonyl (C=O) groups is 1. The minimum absolute atomic E-state index is 0.0648. The molecule has 1 aromatic carbocycles. The van der Waals surface area contributed by atoms with Gasteiger partial charge in [0.05, 0.1) is 23.7 Å². The van der Waals surface area contributed by atoms with E-state index >= 15 is 0 Å². The highest BCUT2D eigenvalue weighted by Gasteiger charge is 2.31. The van der Waals surface area contributed by atoms with Gasteiger partial charge in [0.15, 0.2) is 6.10 Å². The maximum absolute atomic E-state index is 12.8. The first-order valence-corrected chi connectivity index (χ1v) is 10.3. The van der Waals surface area contributed by atoms with E-state index in [4.69, 9.17) is 4.74 Å². The number of nitrogens with one attached hydrogen (secondary N) is 2. The fourth-order valence-corrected chi connectivity index (χ4v) is 4.25. The molecule has 2 aliphatic rings. The summed E-state index contributed by atoms with van der Waals surface area (Å²) in [5.41, 5.74) is 2.23. The van der Waals surface area contributed by atoms with Gasteiger partial charge in [0.25, 0.3) is 5.91 Å². The van der Waals surface area contributed by atoms with Crippen molar-refractivity contribution >= 4 is 22.5 Å². The van der Waals surface area contributed by atoms with Crippen molar-refractivity contribution < 1.29 is 9.53 Å². The first-order chi connectivity index (χ1) is 14.2. The van der Waals surface area contributed by atoms with Crippen molar-refractivity contribution in [1.82, 2.24) is 15.6 Å². The van der Waals surface area contributed by atoms with Crippen LogP contribution in [-0.2, 0) is 9.53 Å². The topological polar surface area (TPSA) is 90.3 Å². The van der Waals surface area contributed by atoms with E-state index in [1.165, 1.54) is 12.8 Å².